The van der Waals surface area contributed by atoms with Gasteiger partial charge in [0.1, 0.15) is 18.1 Å². The number of para-hydroxylation sites is 1. The number of ether oxygens (including phenoxy) is 2. The van der Waals surface area contributed by atoms with Crippen molar-refractivity contribution in [2.24, 2.45) is 0 Å². The summed E-state index contributed by atoms with van der Waals surface area (Å²) >= 11 is 5.95. The monoisotopic (exact) mass is 276 g/mol. The van der Waals surface area contributed by atoms with Gasteiger partial charge in [-0.1, -0.05) is 23.7 Å². The molecule has 0 aliphatic carbocycles. The molecule has 2 rings (SSSR count). The molecule has 0 N–H and O–H groups in total. The summed E-state index contributed by atoms with van der Waals surface area (Å²) in [6, 6.07) is 12.4. The van der Waals surface area contributed by atoms with Crippen molar-refractivity contribution in [3.05, 3.63) is 58.6 Å². The Hall–Kier alpha value is -2.00. The van der Waals surface area contributed by atoms with E-state index in [0.717, 1.165) is 11.8 Å². The predicted molar refractivity (Wildman–Crippen MR) is 74.2 cm³/mol. The third-order valence-electron chi connectivity index (χ3n) is 2.67. The number of hydrogen-bond acceptors (Lipinski definition) is 3. The van der Waals surface area contributed by atoms with E-state index in [9.17, 15) is 4.79 Å². The van der Waals surface area contributed by atoms with Gasteiger partial charge in [-0.2, -0.15) is 0 Å². The van der Waals surface area contributed by atoms with Crippen LogP contribution in [0.2, 0.25) is 5.02 Å². The molecule has 2 aromatic carbocycles. The van der Waals surface area contributed by atoms with Crippen molar-refractivity contribution in [3.8, 4) is 11.5 Å². The number of methoxy groups -OCH3 is 1. The van der Waals surface area contributed by atoms with Crippen molar-refractivity contribution in [2.75, 3.05) is 7.11 Å². The van der Waals surface area contributed by atoms with Crippen LogP contribution < -0.4 is 9.47 Å². The van der Waals surface area contributed by atoms with Crippen LogP contribution in [0.5, 0.6) is 11.5 Å². The molecule has 0 fully saturated rings. The molecule has 0 aromatic heterocycles. The van der Waals surface area contributed by atoms with Crippen LogP contribution in [-0.4, -0.2) is 13.4 Å². The Labute approximate surface area is 116 Å². The summed E-state index contributed by atoms with van der Waals surface area (Å²) in [6.45, 7) is 0.286. The van der Waals surface area contributed by atoms with Gasteiger partial charge in [0.15, 0.2) is 6.29 Å². The minimum Gasteiger partial charge on any atom is -0.496 e. The van der Waals surface area contributed by atoms with Gasteiger partial charge in [0, 0.05) is 10.6 Å². The van der Waals surface area contributed by atoms with Crippen molar-refractivity contribution in [3.63, 3.8) is 0 Å². The first-order chi connectivity index (χ1) is 9.24. The van der Waals surface area contributed by atoms with Gasteiger partial charge < -0.3 is 9.47 Å². The molecule has 19 heavy (non-hydrogen) atoms. The first-order valence-electron chi connectivity index (χ1n) is 5.74. The number of rotatable bonds is 5. The Morgan fingerprint density at radius 3 is 2.68 bits per heavy atom. The van der Waals surface area contributed by atoms with Crippen molar-refractivity contribution < 1.29 is 14.3 Å². The van der Waals surface area contributed by atoms with Crippen molar-refractivity contribution in [2.45, 2.75) is 6.61 Å². The fourth-order valence-electron chi connectivity index (χ4n) is 1.72. The van der Waals surface area contributed by atoms with Crippen LogP contribution in [0.4, 0.5) is 0 Å². The number of hydrogen-bond donors (Lipinski definition) is 0. The molecule has 0 saturated heterocycles. The number of halogens is 1. The van der Waals surface area contributed by atoms with Crippen molar-refractivity contribution in [1.29, 1.82) is 0 Å². The van der Waals surface area contributed by atoms with Crippen molar-refractivity contribution >= 4 is 17.9 Å². The topological polar surface area (TPSA) is 35.5 Å². The van der Waals surface area contributed by atoms with Gasteiger partial charge in [0.25, 0.3) is 0 Å². The first-order valence-corrected chi connectivity index (χ1v) is 6.12. The Morgan fingerprint density at radius 1 is 1.16 bits per heavy atom. The summed E-state index contributed by atoms with van der Waals surface area (Å²) < 4.78 is 10.9. The maximum atomic E-state index is 10.9. The molecule has 0 aliphatic heterocycles. The van der Waals surface area contributed by atoms with E-state index in [0.29, 0.717) is 22.1 Å². The summed E-state index contributed by atoms with van der Waals surface area (Å²) in [4.78, 5) is 10.9. The highest BCUT2D eigenvalue weighted by Gasteiger charge is 2.07. The maximum Gasteiger partial charge on any atom is 0.153 e. The lowest BCUT2D eigenvalue weighted by molar-refractivity contribution is 0.111. The van der Waals surface area contributed by atoms with E-state index < -0.39 is 0 Å². The summed E-state index contributed by atoms with van der Waals surface area (Å²) in [7, 11) is 1.59. The lowest BCUT2D eigenvalue weighted by atomic mass is 10.2. The SMILES string of the molecule is COc1ccc(Cl)cc1COc1ccccc1C=O. The summed E-state index contributed by atoms with van der Waals surface area (Å²) in [5.74, 6) is 1.24. The molecule has 4 heteroatoms. The molecule has 0 heterocycles. The second kappa shape index (κ2) is 6.25. The van der Waals surface area contributed by atoms with E-state index in [-0.39, 0.29) is 6.61 Å². The van der Waals surface area contributed by atoms with Gasteiger partial charge in [-0.15, -0.1) is 0 Å². The van der Waals surface area contributed by atoms with Crippen LogP contribution in [0.25, 0.3) is 0 Å². The van der Waals surface area contributed by atoms with E-state index in [1.807, 2.05) is 6.07 Å². The first kappa shape index (κ1) is 13.4. The average molecular weight is 277 g/mol. The molecule has 0 amide bonds. The Morgan fingerprint density at radius 2 is 1.95 bits per heavy atom. The summed E-state index contributed by atoms with van der Waals surface area (Å²) in [5, 5.41) is 0.614. The molecular formula is C15H13ClO3. The van der Waals surface area contributed by atoms with Crippen molar-refractivity contribution in [1.82, 2.24) is 0 Å². The second-order valence-electron chi connectivity index (χ2n) is 3.90. The average Bonchev–Trinajstić information content (AvgIpc) is 2.45. The molecule has 2 aromatic rings. The third kappa shape index (κ3) is 3.26. The quantitative estimate of drug-likeness (QED) is 0.781. The minimum atomic E-state index is 0.286. The number of benzene rings is 2. The van der Waals surface area contributed by atoms with Gasteiger partial charge in [0.05, 0.1) is 12.7 Å². The van der Waals surface area contributed by atoms with E-state index in [2.05, 4.69) is 0 Å². The van der Waals surface area contributed by atoms with Crippen LogP contribution in [0.1, 0.15) is 15.9 Å². The van der Waals surface area contributed by atoms with Gasteiger partial charge in [0.2, 0.25) is 0 Å². The van der Waals surface area contributed by atoms with Gasteiger partial charge in [-0.05, 0) is 30.3 Å². The Balaban J connectivity index is 2.18. The molecule has 0 radical (unpaired) electrons. The van der Waals surface area contributed by atoms with Gasteiger partial charge in [-0.25, -0.2) is 0 Å². The largest absolute Gasteiger partial charge is 0.496 e. The highest BCUT2D eigenvalue weighted by molar-refractivity contribution is 6.30. The zero-order chi connectivity index (χ0) is 13.7. The second-order valence-corrected chi connectivity index (χ2v) is 4.34. The minimum absolute atomic E-state index is 0.286. The molecular weight excluding hydrogens is 264 g/mol. The van der Waals surface area contributed by atoms with Gasteiger partial charge in [-0.3, -0.25) is 4.79 Å². The van der Waals surface area contributed by atoms with E-state index in [1.54, 1.807) is 43.5 Å². The highest BCUT2D eigenvalue weighted by atomic mass is 35.5. The highest BCUT2D eigenvalue weighted by Crippen LogP contribution is 2.25. The molecule has 0 atom stereocenters. The van der Waals surface area contributed by atoms with E-state index in [1.165, 1.54) is 0 Å². The molecule has 0 bridgehead atoms. The van der Waals surface area contributed by atoms with Crippen LogP contribution in [0, 0.1) is 0 Å². The molecule has 98 valence electrons. The van der Waals surface area contributed by atoms with Crippen LogP contribution >= 0.6 is 11.6 Å². The standard InChI is InChI=1S/C15H13ClO3/c1-18-14-7-6-13(16)8-12(14)10-19-15-5-3-2-4-11(15)9-17/h2-9H,10H2,1H3. The normalized spacial score (nSPS) is 10.0. The third-order valence-corrected chi connectivity index (χ3v) is 2.91. The maximum absolute atomic E-state index is 10.9. The molecule has 0 aliphatic rings. The van der Waals surface area contributed by atoms with Crippen LogP contribution in [-0.2, 0) is 6.61 Å². The van der Waals surface area contributed by atoms with Crippen LogP contribution in [0.15, 0.2) is 42.5 Å². The number of carbonyl (C=O) groups excluding carboxylic acids is 1. The molecule has 3 nitrogen and oxygen atoms in total. The molecule has 0 unspecified atom stereocenters. The number of carbonyl (C=O) groups is 1. The summed E-state index contributed by atoms with van der Waals surface area (Å²) in [6.07, 6.45) is 0.768. The lowest BCUT2D eigenvalue weighted by Crippen LogP contribution is -2.00. The summed E-state index contributed by atoms with van der Waals surface area (Å²) in [5.41, 5.74) is 1.35. The van der Waals surface area contributed by atoms with Gasteiger partial charge >= 0.3 is 0 Å². The van der Waals surface area contributed by atoms with E-state index >= 15 is 0 Å². The molecule has 0 spiro atoms. The smallest absolute Gasteiger partial charge is 0.153 e. The predicted octanol–water partition coefficient (Wildman–Crippen LogP) is 3.74. The number of aldehydes is 1. The lowest BCUT2D eigenvalue weighted by Gasteiger charge is -2.11. The molecule has 0 saturated carbocycles. The fraction of sp³-hybridized carbons (Fsp3) is 0.133. The Bertz CT molecular complexity index is 581. The Kier molecular flexibility index (Phi) is 4.42. The van der Waals surface area contributed by atoms with E-state index in [4.69, 9.17) is 21.1 Å². The zero-order valence-electron chi connectivity index (χ0n) is 10.4. The fourth-order valence-corrected chi connectivity index (χ4v) is 1.92. The zero-order valence-corrected chi connectivity index (χ0v) is 11.2. The van der Waals surface area contributed by atoms with Crippen LogP contribution in [0.3, 0.4) is 0 Å².